The average molecular weight is 434 g/mol. The molecular weight excluding hydrogens is 406 g/mol. The maximum absolute atomic E-state index is 13.8. The van der Waals surface area contributed by atoms with E-state index in [-0.39, 0.29) is 12.0 Å². The summed E-state index contributed by atoms with van der Waals surface area (Å²) in [6.07, 6.45) is 2.39. The molecule has 0 aromatic heterocycles. The average Bonchev–Trinajstić information content (AvgIpc) is 2.96. The van der Waals surface area contributed by atoms with Crippen LogP contribution in [0.4, 0.5) is 0 Å². The molecule has 0 unspecified atom stereocenters. The van der Waals surface area contributed by atoms with Gasteiger partial charge in [0.05, 0.1) is 12.0 Å². The van der Waals surface area contributed by atoms with Gasteiger partial charge in [0, 0.05) is 18.5 Å². The van der Waals surface area contributed by atoms with Crippen LogP contribution in [0.3, 0.4) is 0 Å². The molecule has 0 amide bonds. The van der Waals surface area contributed by atoms with Gasteiger partial charge in [-0.05, 0) is 72.7 Å². The molecule has 0 saturated heterocycles. The van der Waals surface area contributed by atoms with Crippen LogP contribution >= 0.6 is 0 Å². The zero-order valence-electron chi connectivity index (χ0n) is 17.9. The number of benzene rings is 3. The lowest BCUT2D eigenvalue weighted by Crippen LogP contribution is -2.45. The van der Waals surface area contributed by atoms with E-state index in [1.807, 2.05) is 31.2 Å². The summed E-state index contributed by atoms with van der Waals surface area (Å²) in [6, 6.07) is 21.8. The van der Waals surface area contributed by atoms with Crippen LogP contribution < -0.4 is 4.74 Å². The predicted octanol–water partition coefficient (Wildman–Crippen LogP) is 4.70. The number of methoxy groups -OCH3 is 1. The first kappa shape index (κ1) is 20.3. The van der Waals surface area contributed by atoms with E-state index in [1.165, 1.54) is 22.3 Å². The van der Waals surface area contributed by atoms with E-state index in [0.29, 0.717) is 17.9 Å². The lowest BCUT2D eigenvalue weighted by atomic mass is 9.75. The van der Waals surface area contributed by atoms with Crippen molar-refractivity contribution in [1.82, 2.24) is 4.31 Å². The molecule has 1 aliphatic heterocycles. The molecule has 160 valence electrons. The fourth-order valence-corrected chi connectivity index (χ4v) is 6.85. The monoisotopic (exact) mass is 433 g/mol. The van der Waals surface area contributed by atoms with Gasteiger partial charge < -0.3 is 4.74 Å². The number of rotatable bonds is 3. The van der Waals surface area contributed by atoms with E-state index < -0.39 is 10.0 Å². The Hall–Kier alpha value is -2.63. The van der Waals surface area contributed by atoms with Crippen molar-refractivity contribution in [3.05, 3.63) is 94.5 Å². The Bertz CT molecular complexity index is 1220. The molecule has 2 aliphatic rings. The Labute approximate surface area is 184 Å². The van der Waals surface area contributed by atoms with Gasteiger partial charge in [0.15, 0.2) is 0 Å². The summed E-state index contributed by atoms with van der Waals surface area (Å²) in [5.41, 5.74) is 6.00. The molecule has 5 rings (SSSR count). The van der Waals surface area contributed by atoms with Gasteiger partial charge in [0.1, 0.15) is 5.75 Å². The number of fused-ring (bicyclic) bond motifs is 5. The highest BCUT2D eigenvalue weighted by Crippen LogP contribution is 2.45. The Morgan fingerprint density at radius 1 is 0.903 bits per heavy atom. The van der Waals surface area contributed by atoms with Crippen molar-refractivity contribution in [3.8, 4) is 5.75 Å². The maximum Gasteiger partial charge on any atom is 0.243 e. The molecular formula is C26H27NO3S. The normalized spacial score (nSPS) is 20.8. The number of aryl methyl sites for hydroxylation is 2. The highest BCUT2D eigenvalue weighted by molar-refractivity contribution is 7.89. The second-order valence-corrected chi connectivity index (χ2v) is 10.4. The van der Waals surface area contributed by atoms with Crippen LogP contribution in [0.25, 0.3) is 0 Å². The second kappa shape index (κ2) is 7.81. The molecule has 5 heteroatoms. The molecule has 0 bridgehead atoms. The first-order valence-corrected chi connectivity index (χ1v) is 12.3. The fourth-order valence-electron chi connectivity index (χ4n) is 5.19. The summed E-state index contributed by atoms with van der Waals surface area (Å²) in [7, 11) is -1.93. The van der Waals surface area contributed by atoms with Crippen LogP contribution in [0, 0.1) is 6.92 Å². The smallest absolute Gasteiger partial charge is 0.243 e. The minimum Gasteiger partial charge on any atom is -0.497 e. The SMILES string of the molecule is COc1ccc2c(c1)[C@H]1c3ccccc3CCN(S(=O)(=O)c3ccc(C)cc3)[C@@H]1CC2. The van der Waals surface area contributed by atoms with E-state index in [2.05, 4.69) is 30.3 Å². The van der Waals surface area contributed by atoms with Crippen molar-refractivity contribution in [2.75, 3.05) is 13.7 Å². The predicted molar refractivity (Wildman–Crippen MR) is 122 cm³/mol. The summed E-state index contributed by atoms with van der Waals surface area (Å²) in [6.45, 7) is 2.47. The van der Waals surface area contributed by atoms with Crippen molar-refractivity contribution in [2.45, 2.75) is 43.0 Å². The summed E-state index contributed by atoms with van der Waals surface area (Å²) in [5.74, 6) is 0.812. The van der Waals surface area contributed by atoms with Gasteiger partial charge in [-0.25, -0.2) is 8.42 Å². The third-order valence-electron chi connectivity index (χ3n) is 6.77. The molecule has 0 fully saturated rings. The Morgan fingerprint density at radius 3 is 2.42 bits per heavy atom. The summed E-state index contributed by atoms with van der Waals surface area (Å²) < 4.78 is 34.9. The van der Waals surface area contributed by atoms with Crippen LogP contribution in [0.15, 0.2) is 71.6 Å². The molecule has 4 nitrogen and oxygen atoms in total. The van der Waals surface area contributed by atoms with Gasteiger partial charge in [-0.1, -0.05) is 48.0 Å². The van der Waals surface area contributed by atoms with E-state index in [9.17, 15) is 8.42 Å². The first-order valence-electron chi connectivity index (χ1n) is 10.8. The lowest BCUT2D eigenvalue weighted by molar-refractivity contribution is 0.281. The summed E-state index contributed by atoms with van der Waals surface area (Å²) in [4.78, 5) is 0.374. The van der Waals surface area contributed by atoms with Gasteiger partial charge in [0.2, 0.25) is 10.0 Å². The third kappa shape index (κ3) is 3.46. The fraction of sp³-hybridized carbons (Fsp3) is 0.308. The number of hydrogen-bond donors (Lipinski definition) is 0. The molecule has 0 radical (unpaired) electrons. The Balaban J connectivity index is 1.67. The molecule has 1 heterocycles. The van der Waals surface area contributed by atoms with Gasteiger partial charge in [-0.3, -0.25) is 0 Å². The largest absolute Gasteiger partial charge is 0.497 e. The van der Waals surface area contributed by atoms with E-state index in [0.717, 1.165) is 24.2 Å². The van der Waals surface area contributed by atoms with Crippen molar-refractivity contribution in [1.29, 1.82) is 0 Å². The molecule has 31 heavy (non-hydrogen) atoms. The number of sulfonamides is 1. The minimum atomic E-state index is -3.61. The second-order valence-electron chi connectivity index (χ2n) is 8.53. The van der Waals surface area contributed by atoms with Gasteiger partial charge in [-0.2, -0.15) is 4.31 Å². The highest BCUT2D eigenvalue weighted by Gasteiger charge is 2.42. The number of hydrogen-bond acceptors (Lipinski definition) is 3. The number of nitrogens with zero attached hydrogens (tertiary/aromatic N) is 1. The van der Waals surface area contributed by atoms with Crippen molar-refractivity contribution in [2.24, 2.45) is 0 Å². The Kier molecular flexibility index (Phi) is 5.11. The molecule has 0 saturated carbocycles. The number of ether oxygens (including phenoxy) is 1. The van der Waals surface area contributed by atoms with E-state index in [1.54, 1.807) is 23.5 Å². The van der Waals surface area contributed by atoms with Crippen LogP contribution in [-0.2, 0) is 22.9 Å². The van der Waals surface area contributed by atoms with Crippen LogP contribution in [0.2, 0.25) is 0 Å². The lowest BCUT2D eigenvalue weighted by Gasteiger charge is -2.39. The van der Waals surface area contributed by atoms with Crippen LogP contribution in [-0.4, -0.2) is 32.4 Å². The quantitative estimate of drug-likeness (QED) is 0.602. The van der Waals surface area contributed by atoms with Gasteiger partial charge in [0.25, 0.3) is 0 Å². The molecule has 2 atom stereocenters. The van der Waals surface area contributed by atoms with E-state index >= 15 is 0 Å². The van der Waals surface area contributed by atoms with Crippen molar-refractivity contribution >= 4 is 10.0 Å². The topological polar surface area (TPSA) is 46.6 Å². The third-order valence-corrected chi connectivity index (χ3v) is 8.71. The van der Waals surface area contributed by atoms with Crippen LogP contribution in [0.1, 0.15) is 40.2 Å². The zero-order chi connectivity index (χ0) is 21.6. The molecule has 0 spiro atoms. The van der Waals surface area contributed by atoms with E-state index in [4.69, 9.17) is 4.74 Å². The molecule has 1 aliphatic carbocycles. The van der Waals surface area contributed by atoms with Gasteiger partial charge >= 0.3 is 0 Å². The van der Waals surface area contributed by atoms with Crippen molar-refractivity contribution < 1.29 is 13.2 Å². The Morgan fingerprint density at radius 2 is 1.65 bits per heavy atom. The standard InChI is InChI=1S/C26H27NO3S/c1-18-7-12-22(13-8-18)31(28,29)27-16-15-19-5-3-4-6-23(19)26-24-17-21(30-2)11-9-20(24)10-14-25(26)27/h3-9,11-13,17,25-26H,10,14-16H2,1-2H3/t25-,26-/m1/s1. The molecule has 0 N–H and O–H groups in total. The summed E-state index contributed by atoms with van der Waals surface area (Å²) >= 11 is 0. The zero-order valence-corrected chi connectivity index (χ0v) is 18.7. The maximum atomic E-state index is 13.8. The minimum absolute atomic E-state index is 0.00206. The summed E-state index contributed by atoms with van der Waals surface area (Å²) in [5, 5.41) is 0. The van der Waals surface area contributed by atoms with Crippen molar-refractivity contribution in [3.63, 3.8) is 0 Å². The van der Waals surface area contributed by atoms with Gasteiger partial charge in [-0.15, -0.1) is 0 Å². The molecule has 3 aromatic rings. The van der Waals surface area contributed by atoms with Crippen LogP contribution in [0.5, 0.6) is 5.75 Å². The molecule has 3 aromatic carbocycles. The first-order chi connectivity index (χ1) is 15.0. The highest BCUT2D eigenvalue weighted by atomic mass is 32.2.